The normalized spacial score (nSPS) is 28.0. The summed E-state index contributed by atoms with van der Waals surface area (Å²) in [5.74, 6) is 1.84. The van der Waals surface area contributed by atoms with Crippen LogP contribution in [-0.2, 0) is 4.79 Å². The Morgan fingerprint density at radius 3 is 2.35 bits per heavy atom. The number of carbonyl (C=O) groups excluding carboxylic acids is 1. The van der Waals surface area contributed by atoms with Gasteiger partial charge in [0.05, 0.1) is 0 Å². The largest absolute Gasteiger partial charge is 0.341 e. The lowest BCUT2D eigenvalue weighted by atomic mass is 9.88. The quantitative estimate of drug-likeness (QED) is 0.808. The summed E-state index contributed by atoms with van der Waals surface area (Å²) in [6, 6.07) is 9.06. The van der Waals surface area contributed by atoms with Crippen LogP contribution in [0.2, 0.25) is 0 Å². The van der Waals surface area contributed by atoms with Crippen molar-refractivity contribution in [3.63, 3.8) is 0 Å². The smallest absolute Gasteiger partial charge is 0.225 e. The maximum atomic E-state index is 13.0. The molecule has 1 saturated carbocycles. The number of hydrogen-bond donors (Lipinski definition) is 0. The van der Waals surface area contributed by atoms with E-state index in [-0.39, 0.29) is 0 Å². The maximum absolute atomic E-state index is 13.0. The van der Waals surface area contributed by atoms with Gasteiger partial charge in [-0.15, -0.1) is 0 Å². The van der Waals surface area contributed by atoms with Crippen molar-refractivity contribution in [1.29, 1.82) is 0 Å². The Balaban J connectivity index is 1.49. The average Bonchev–Trinajstić information content (AvgIpc) is 3.33. The van der Waals surface area contributed by atoms with Crippen LogP contribution < -0.4 is 0 Å². The Morgan fingerprint density at radius 2 is 1.65 bits per heavy atom. The van der Waals surface area contributed by atoms with Gasteiger partial charge in [-0.3, -0.25) is 4.79 Å². The molecule has 4 rings (SSSR count). The highest BCUT2D eigenvalue weighted by Gasteiger charge is 2.39. The van der Waals surface area contributed by atoms with Crippen molar-refractivity contribution in [2.24, 2.45) is 11.8 Å². The van der Waals surface area contributed by atoms with Crippen molar-refractivity contribution in [3.8, 4) is 0 Å². The molecular weight excluding hydrogens is 320 g/mol. The average molecular weight is 355 g/mol. The highest BCUT2D eigenvalue weighted by atomic mass is 16.2. The van der Waals surface area contributed by atoms with Crippen LogP contribution >= 0.6 is 0 Å². The molecule has 3 aliphatic rings. The lowest BCUT2D eigenvalue weighted by Crippen LogP contribution is -2.37. The lowest BCUT2D eigenvalue weighted by molar-refractivity contribution is -0.134. The molecule has 2 aliphatic heterocycles. The molecule has 0 radical (unpaired) electrons. The van der Waals surface area contributed by atoms with E-state index in [0.717, 1.165) is 32.5 Å². The van der Waals surface area contributed by atoms with Gasteiger partial charge in [0.15, 0.2) is 0 Å². The molecule has 1 amide bonds. The van der Waals surface area contributed by atoms with Gasteiger partial charge in [0, 0.05) is 31.5 Å². The number of carbonyl (C=O) groups is 1. The molecule has 142 valence electrons. The van der Waals surface area contributed by atoms with Crippen molar-refractivity contribution in [3.05, 3.63) is 35.4 Å². The predicted molar refractivity (Wildman–Crippen MR) is 106 cm³/mol. The van der Waals surface area contributed by atoms with Crippen molar-refractivity contribution >= 4 is 5.91 Å². The Hall–Kier alpha value is -1.35. The molecule has 0 aromatic heterocycles. The van der Waals surface area contributed by atoms with Gasteiger partial charge >= 0.3 is 0 Å². The zero-order valence-corrected chi connectivity index (χ0v) is 16.3. The minimum atomic E-state index is 0.308. The van der Waals surface area contributed by atoms with Gasteiger partial charge < -0.3 is 9.80 Å². The van der Waals surface area contributed by atoms with Crippen molar-refractivity contribution < 1.29 is 4.79 Å². The molecule has 3 fully saturated rings. The second-order valence-electron chi connectivity index (χ2n) is 8.86. The molecule has 3 nitrogen and oxygen atoms in total. The first-order valence-electron chi connectivity index (χ1n) is 10.8. The SMILES string of the molecule is Cc1ccc([C@H]2CN(C(=O)C3CCCC3)C[C@@H]2CN2CCCCC2)cc1. The van der Waals surface area contributed by atoms with E-state index < -0.39 is 0 Å². The van der Waals surface area contributed by atoms with Gasteiger partial charge in [-0.1, -0.05) is 49.1 Å². The summed E-state index contributed by atoms with van der Waals surface area (Å²) in [6.45, 7) is 7.69. The van der Waals surface area contributed by atoms with E-state index in [1.807, 2.05) is 0 Å². The first-order chi connectivity index (χ1) is 12.7. The van der Waals surface area contributed by atoms with Crippen molar-refractivity contribution in [2.45, 2.75) is 57.8 Å². The van der Waals surface area contributed by atoms with Crippen LogP contribution in [0.15, 0.2) is 24.3 Å². The van der Waals surface area contributed by atoms with Crippen LogP contribution in [0, 0.1) is 18.8 Å². The second-order valence-corrected chi connectivity index (χ2v) is 8.86. The number of aryl methyl sites for hydroxylation is 1. The van der Waals surface area contributed by atoms with E-state index in [4.69, 9.17) is 0 Å². The van der Waals surface area contributed by atoms with E-state index in [1.165, 1.54) is 56.3 Å². The lowest BCUT2D eigenvalue weighted by Gasteiger charge is -2.31. The third-order valence-corrected chi connectivity index (χ3v) is 6.90. The molecule has 0 N–H and O–H groups in total. The number of hydrogen-bond acceptors (Lipinski definition) is 2. The summed E-state index contributed by atoms with van der Waals surface area (Å²) >= 11 is 0. The zero-order chi connectivity index (χ0) is 17.9. The van der Waals surface area contributed by atoms with Gasteiger partial charge in [-0.25, -0.2) is 0 Å². The van der Waals surface area contributed by atoms with Crippen molar-refractivity contribution in [1.82, 2.24) is 9.80 Å². The summed E-state index contributed by atoms with van der Waals surface area (Å²) < 4.78 is 0. The Morgan fingerprint density at radius 1 is 0.962 bits per heavy atom. The molecule has 0 spiro atoms. The monoisotopic (exact) mass is 354 g/mol. The van der Waals surface area contributed by atoms with Crippen LogP contribution in [-0.4, -0.2) is 48.4 Å². The predicted octanol–water partition coefficient (Wildman–Crippen LogP) is 4.21. The second kappa shape index (κ2) is 8.12. The maximum Gasteiger partial charge on any atom is 0.225 e. The molecule has 2 saturated heterocycles. The fraction of sp³-hybridized carbons (Fsp3) is 0.696. The highest BCUT2D eigenvalue weighted by molar-refractivity contribution is 5.79. The van der Waals surface area contributed by atoms with Crippen LogP contribution in [0.3, 0.4) is 0 Å². The number of benzene rings is 1. The Labute approximate surface area is 158 Å². The molecule has 1 aliphatic carbocycles. The van der Waals surface area contributed by atoms with E-state index in [2.05, 4.69) is 41.0 Å². The molecular formula is C23H34N2O. The summed E-state index contributed by atoms with van der Waals surface area (Å²) in [4.78, 5) is 17.9. The number of amides is 1. The van der Waals surface area contributed by atoms with Crippen LogP contribution in [0.1, 0.15) is 62.0 Å². The van der Waals surface area contributed by atoms with Crippen LogP contribution in [0.4, 0.5) is 0 Å². The summed E-state index contributed by atoms with van der Waals surface area (Å²) in [6.07, 6.45) is 8.77. The third kappa shape index (κ3) is 3.98. The van der Waals surface area contributed by atoms with Crippen molar-refractivity contribution in [2.75, 3.05) is 32.7 Å². The van der Waals surface area contributed by atoms with Crippen LogP contribution in [0.5, 0.6) is 0 Å². The number of likely N-dealkylation sites (tertiary alicyclic amines) is 2. The number of rotatable bonds is 4. The van der Waals surface area contributed by atoms with E-state index in [9.17, 15) is 4.79 Å². The van der Waals surface area contributed by atoms with Crippen LogP contribution in [0.25, 0.3) is 0 Å². The first-order valence-corrected chi connectivity index (χ1v) is 10.8. The molecule has 2 atom stereocenters. The van der Waals surface area contributed by atoms with Gasteiger partial charge in [0.25, 0.3) is 0 Å². The molecule has 26 heavy (non-hydrogen) atoms. The first kappa shape index (κ1) is 18.0. The molecule has 0 bridgehead atoms. The zero-order valence-electron chi connectivity index (χ0n) is 16.3. The van der Waals surface area contributed by atoms with Gasteiger partial charge in [0.2, 0.25) is 5.91 Å². The molecule has 3 heteroatoms. The summed E-state index contributed by atoms with van der Waals surface area (Å²) in [7, 11) is 0. The number of piperidine rings is 1. The Bertz CT molecular complexity index is 599. The van der Waals surface area contributed by atoms with Gasteiger partial charge in [-0.2, -0.15) is 0 Å². The van der Waals surface area contributed by atoms with E-state index >= 15 is 0 Å². The molecule has 1 aromatic carbocycles. The minimum absolute atomic E-state index is 0.308. The van der Waals surface area contributed by atoms with Gasteiger partial charge in [0.1, 0.15) is 0 Å². The molecule has 0 unspecified atom stereocenters. The van der Waals surface area contributed by atoms with E-state index in [1.54, 1.807) is 0 Å². The summed E-state index contributed by atoms with van der Waals surface area (Å²) in [5, 5.41) is 0. The fourth-order valence-corrected chi connectivity index (χ4v) is 5.33. The number of nitrogens with zero attached hydrogens (tertiary/aromatic N) is 2. The highest BCUT2D eigenvalue weighted by Crippen LogP contribution is 2.36. The standard InChI is InChI=1S/C23H34N2O/c1-18-9-11-19(12-10-18)22-17-25(23(26)20-7-3-4-8-20)16-21(22)15-24-13-5-2-6-14-24/h9-12,20-22H,2-8,13-17H2,1H3/t21-,22+/m0/s1. The third-order valence-electron chi connectivity index (χ3n) is 6.90. The molecule has 1 aromatic rings. The minimum Gasteiger partial charge on any atom is -0.341 e. The topological polar surface area (TPSA) is 23.6 Å². The van der Waals surface area contributed by atoms with E-state index in [0.29, 0.717) is 23.7 Å². The Kier molecular flexibility index (Phi) is 5.63. The fourth-order valence-electron chi connectivity index (χ4n) is 5.33. The summed E-state index contributed by atoms with van der Waals surface area (Å²) in [5.41, 5.74) is 2.75. The van der Waals surface area contributed by atoms with Gasteiger partial charge in [-0.05, 0) is 57.2 Å². The molecule has 2 heterocycles.